The largest absolute Gasteiger partial charge is 0.504 e. The van der Waals surface area contributed by atoms with Gasteiger partial charge in [-0.3, -0.25) is 9.59 Å². The van der Waals surface area contributed by atoms with E-state index in [0.29, 0.717) is 23.9 Å². The summed E-state index contributed by atoms with van der Waals surface area (Å²) in [6, 6.07) is 16.9. The van der Waals surface area contributed by atoms with Crippen molar-refractivity contribution in [2.75, 3.05) is 25.1 Å². The van der Waals surface area contributed by atoms with Crippen LogP contribution in [0.15, 0.2) is 48.5 Å². The molecule has 4 rings (SSSR count). The van der Waals surface area contributed by atoms with Crippen LogP contribution in [-0.4, -0.2) is 52.1 Å². The molecule has 1 aromatic heterocycles. The molecule has 0 bridgehead atoms. The number of rotatable bonds is 11. The second-order valence-corrected chi connectivity index (χ2v) is 9.92. The Kier molecular flexibility index (Phi) is 8.94. The van der Waals surface area contributed by atoms with Gasteiger partial charge in [-0.25, -0.2) is 9.97 Å². The maximum atomic E-state index is 12.5. The molecule has 38 heavy (non-hydrogen) atoms. The number of aromatic nitrogens is 2. The van der Waals surface area contributed by atoms with Gasteiger partial charge in [0.25, 0.3) is 0 Å². The van der Waals surface area contributed by atoms with Crippen LogP contribution in [0.25, 0.3) is 0 Å². The standard InChI is InChI=1S/C30H35N3O5/c1-20-30(37)29(26(34)4-3-5-28(35)36)32-27(31-20)19-23-14-16-33(17-15-23)24-10-6-21(7-11-24)18-22-8-12-25(38-2)13-9-22/h6-13,23,37H,3-5,14-19H2,1-2H3,(H,35,36). The first-order valence-electron chi connectivity index (χ1n) is 13.1. The molecular weight excluding hydrogens is 482 g/mol. The minimum Gasteiger partial charge on any atom is -0.504 e. The van der Waals surface area contributed by atoms with E-state index in [2.05, 4.69) is 51.3 Å². The molecule has 1 saturated heterocycles. The van der Waals surface area contributed by atoms with Gasteiger partial charge in [-0.2, -0.15) is 0 Å². The van der Waals surface area contributed by atoms with Crippen LogP contribution in [0.5, 0.6) is 11.5 Å². The molecule has 1 fully saturated rings. The van der Waals surface area contributed by atoms with Gasteiger partial charge >= 0.3 is 5.97 Å². The van der Waals surface area contributed by atoms with E-state index in [4.69, 9.17) is 9.84 Å². The van der Waals surface area contributed by atoms with E-state index >= 15 is 0 Å². The molecule has 1 aliphatic heterocycles. The van der Waals surface area contributed by atoms with Crippen molar-refractivity contribution in [1.82, 2.24) is 9.97 Å². The summed E-state index contributed by atoms with van der Waals surface area (Å²) in [4.78, 5) is 34.5. The first-order valence-corrected chi connectivity index (χ1v) is 13.1. The number of aromatic hydroxyl groups is 1. The zero-order valence-corrected chi connectivity index (χ0v) is 22.0. The number of benzene rings is 2. The van der Waals surface area contributed by atoms with E-state index < -0.39 is 5.97 Å². The zero-order chi connectivity index (χ0) is 27.1. The molecular formula is C30H35N3O5. The fraction of sp³-hybridized carbons (Fsp3) is 0.400. The highest BCUT2D eigenvalue weighted by molar-refractivity contribution is 5.97. The van der Waals surface area contributed by atoms with Crippen LogP contribution in [0.1, 0.15) is 65.2 Å². The number of aliphatic carboxylic acids is 1. The highest BCUT2D eigenvalue weighted by Crippen LogP contribution is 2.28. The molecule has 200 valence electrons. The summed E-state index contributed by atoms with van der Waals surface area (Å²) < 4.78 is 5.23. The van der Waals surface area contributed by atoms with Gasteiger partial charge in [-0.15, -0.1) is 0 Å². The summed E-state index contributed by atoms with van der Waals surface area (Å²) in [7, 11) is 1.67. The summed E-state index contributed by atoms with van der Waals surface area (Å²) in [6.45, 7) is 3.52. The smallest absolute Gasteiger partial charge is 0.303 e. The number of anilines is 1. The third-order valence-electron chi connectivity index (χ3n) is 7.12. The number of carbonyl (C=O) groups excluding carboxylic acids is 1. The first-order chi connectivity index (χ1) is 18.3. The van der Waals surface area contributed by atoms with E-state index in [0.717, 1.165) is 38.1 Å². The highest BCUT2D eigenvalue weighted by atomic mass is 16.5. The third kappa shape index (κ3) is 7.09. The number of carboxylic acids is 1. The van der Waals surface area contributed by atoms with Gasteiger partial charge in [0.2, 0.25) is 0 Å². The summed E-state index contributed by atoms with van der Waals surface area (Å²) in [5.74, 6) is 0.307. The Bertz CT molecular complexity index is 1250. The fourth-order valence-corrected chi connectivity index (χ4v) is 4.89. The lowest BCUT2D eigenvalue weighted by atomic mass is 9.92. The quantitative estimate of drug-likeness (QED) is 0.342. The third-order valence-corrected chi connectivity index (χ3v) is 7.12. The summed E-state index contributed by atoms with van der Waals surface area (Å²) in [5, 5.41) is 19.1. The molecule has 0 atom stereocenters. The molecule has 0 amide bonds. The molecule has 0 unspecified atom stereocenters. The van der Waals surface area contributed by atoms with Gasteiger partial charge in [0.05, 0.1) is 12.8 Å². The maximum Gasteiger partial charge on any atom is 0.303 e. The van der Waals surface area contributed by atoms with Crippen molar-refractivity contribution >= 4 is 17.4 Å². The SMILES string of the molecule is COc1ccc(Cc2ccc(N3CCC(Cc4nc(C)c(O)c(C(=O)CCCC(=O)O)n4)CC3)cc2)cc1. The van der Waals surface area contributed by atoms with Crippen LogP contribution in [0.3, 0.4) is 0 Å². The average Bonchev–Trinajstić information content (AvgIpc) is 2.91. The van der Waals surface area contributed by atoms with Gasteiger partial charge < -0.3 is 19.8 Å². The van der Waals surface area contributed by atoms with Crippen LogP contribution in [-0.2, 0) is 17.6 Å². The molecule has 0 radical (unpaired) electrons. The van der Waals surface area contributed by atoms with Crippen LogP contribution in [0.4, 0.5) is 5.69 Å². The predicted octanol–water partition coefficient (Wildman–Crippen LogP) is 4.99. The van der Waals surface area contributed by atoms with E-state index in [9.17, 15) is 14.7 Å². The van der Waals surface area contributed by atoms with Crippen molar-refractivity contribution in [2.24, 2.45) is 5.92 Å². The Morgan fingerprint density at radius 2 is 1.61 bits per heavy atom. The van der Waals surface area contributed by atoms with Crippen LogP contribution in [0, 0.1) is 12.8 Å². The number of piperidine rings is 1. The molecule has 2 heterocycles. The number of ketones is 1. The maximum absolute atomic E-state index is 12.5. The lowest BCUT2D eigenvalue weighted by molar-refractivity contribution is -0.137. The number of hydrogen-bond donors (Lipinski definition) is 2. The van der Waals surface area contributed by atoms with E-state index in [1.54, 1.807) is 14.0 Å². The van der Waals surface area contributed by atoms with Crippen molar-refractivity contribution in [3.8, 4) is 11.5 Å². The number of ether oxygens (including phenoxy) is 1. The molecule has 1 aliphatic rings. The van der Waals surface area contributed by atoms with Crippen molar-refractivity contribution in [2.45, 2.75) is 51.9 Å². The molecule has 0 aliphatic carbocycles. The number of nitrogens with zero attached hydrogens (tertiary/aromatic N) is 3. The van der Waals surface area contributed by atoms with Crippen molar-refractivity contribution in [1.29, 1.82) is 0 Å². The highest BCUT2D eigenvalue weighted by Gasteiger charge is 2.23. The van der Waals surface area contributed by atoms with Crippen molar-refractivity contribution < 1.29 is 24.5 Å². The minimum absolute atomic E-state index is 0.00468. The minimum atomic E-state index is -0.947. The number of aryl methyl sites for hydroxylation is 1. The van der Waals surface area contributed by atoms with Gasteiger partial charge in [-0.05, 0) is 73.9 Å². The average molecular weight is 518 g/mol. The molecule has 0 saturated carbocycles. The number of carbonyl (C=O) groups is 2. The van der Waals surface area contributed by atoms with Crippen LogP contribution in [0.2, 0.25) is 0 Å². The summed E-state index contributed by atoms with van der Waals surface area (Å²) in [6.07, 6.45) is 3.65. The van der Waals surface area contributed by atoms with Gasteiger partial charge in [0, 0.05) is 38.0 Å². The second kappa shape index (κ2) is 12.5. The Morgan fingerprint density at radius 1 is 0.974 bits per heavy atom. The fourth-order valence-electron chi connectivity index (χ4n) is 4.89. The monoisotopic (exact) mass is 517 g/mol. The normalized spacial score (nSPS) is 13.9. The topological polar surface area (TPSA) is 113 Å². The number of Topliss-reactive ketones (excluding diaryl/α,β-unsaturated/α-hetero) is 1. The molecule has 8 heteroatoms. The van der Waals surface area contributed by atoms with Gasteiger partial charge in [0.15, 0.2) is 17.2 Å². The summed E-state index contributed by atoms with van der Waals surface area (Å²) in [5.41, 5.74) is 4.11. The van der Waals surface area contributed by atoms with E-state index in [1.807, 2.05) is 12.1 Å². The Hall–Kier alpha value is -3.94. The Labute approximate surface area is 223 Å². The number of methoxy groups -OCH3 is 1. The molecule has 0 spiro atoms. The lowest BCUT2D eigenvalue weighted by Crippen LogP contribution is -2.34. The zero-order valence-electron chi connectivity index (χ0n) is 22.0. The Morgan fingerprint density at radius 3 is 2.21 bits per heavy atom. The molecule has 8 nitrogen and oxygen atoms in total. The van der Waals surface area contributed by atoms with Crippen LogP contribution < -0.4 is 9.64 Å². The molecule has 3 aromatic rings. The predicted molar refractivity (Wildman–Crippen MR) is 145 cm³/mol. The second-order valence-electron chi connectivity index (χ2n) is 9.92. The molecule has 2 aromatic carbocycles. The van der Waals surface area contributed by atoms with Gasteiger partial charge in [0.1, 0.15) is 11.6 Å². The van der Waals surface area contributed by atoms with Crippen LogP contribution >= 0.6 is 0 Å². The van der Waals surface area contributed by atoms with Crippen molar-refractivity contribution in [3.05, 3.63) is 76.9 Å². The first kappa shape index (κ1) is 27.1. The van der Waals surface area contributed by atoms with Gasteiger partial charge in [-0.1, -0.05) is 24.3 Å². The number of hydrogen-bond acceptors (Lipinski definition) is 7. The van der Waals surface area contributed by atoms with Crippen molar-refractivity contribution in [3.63, 3.8) is 0 Å². The number of carboxylic acid groups (broad SMARTS) is 1. The van der Waals surface area contributed by atoms with E-state index in [1.165, 1.54) is 16.8 Å². The van der Waals surface area contributed by atoms with E-state index in [-0.39, 0.29) is 36.5 Å². The Balaban J connectivity index is 1.31. The lowest BCUT2D eigenvalue weighted by Gasteiger charge is -2.33. The molecule has 2 N–H and O–H groups in total. The summed E-state index contributed by atoms with van der Waals surface area (Å²) >= 11 is 0.